The van der Waals surface area contributed by atoms with Crippen molar-refractivity contribution in [3.05, 3.63) is 0 Å². The second kappa shape index (κ2) is 4.97. The Labute approximate surface area is 104 Å². The van der Waals surface area contributed by atoms with Crippen LogP contribution in [0, 0.1) is 11.3 Å². The van der Waals surface area contributed by atoms with Gasteiger partial charge in [0.2, 0.25) is 0 Å². The van der Waals surface area contributed by atoms with Gasteiger partial charge in [0.1, 0.15) is 0 Å². The molecule has 0 saturated heterocycles. The average Bonchev–Trinajstić information content (AvgIpc) is 2.97. The number of nitrogens with zero attached hydrogens (tertiary/aromatic N) is 1. The van der Waals surface area contributed by atoms with E-state index in [0.29, 0.717) is 12.5 Å². The van der Waals surface area contributed by atoms with Gasteiger partial charge >= 0.3 is 5.97 Å². The lowest BCUT2D eigenvalue weighted by Crippen LogP contribution is -2.42. The van der Waals surface area contributed by atoms with Gasteiger partial charge in [-0.25, -0.2) is 0 Å². The first kappa shape index (κ1) is 12.9. The Morgan fingerprint density at radius 1 is 1.35 bits per heavy atom. The molecule has 3 heteroatoms. The van der Waals surface area contributed by atoms with Crippen molar-refractivity contribution >= 4 is 5.97 Å². The summed E-state index contributed by atoms with van der Waals surface area (Å²) in [4.78, 5) is 13.3. The number of carboxylic acids is 1. The number of aliphatic carboxylic acids is 1. The van der Waals surface area contributed by atoms with Gasteiger partial charge in [-0.05, 0) is 44.1 Å². The van der Waals surface area contributed by atoms with Crippen molar-refractivity contribution in [1.29, 1.82) is 0 Å². The van der Waals surface area contributed by atoms with Crippen LogP contribution in [0.25, 0.3) is 0 Å². The fourth-order valence-electron chi connectivity index (χ4n) is 3.49. The van der Waals surface area contributed by atoms with E-state index in [1.807, 2.05) is 0 Å². The van der Waals surface area contributed by atoms with Crippen molar-refractivity contribution in [2.24, 2.45) is 11.3 Å². The highest BCUT2D eigenvalue weighted by molar-refractivity contribution is 5.68. The minimum absolute atomic E-state index is 0.109. The van der Waals surface area contributed by atoms with Gasteiger partial charge in [-0.2, -0.15) is 0 Å². The van der Waals surface area contributed by atoms with E-state index in [9.17, 15) is 4.79 Å². The lowest BCUT2D eigenvalue weighted by molar-refractivity contribution is -0.138. The average molecular weight is 239 g/mol. The Bertz CT molecular complexity index is 286. The van der Waals surface area contributed by atoms with Crippen LogP contribution in [0.5, 0.6) is 0 Å². The Morgan fingerprint density at radius 2 is 2.00 bits per heavy atom. The molecule has 98 valence electrons. The molecule has 2 rings (SSSR count). The van der Waals surface area contributed by atoms with Gasteiger partial charge < -0.3 is 10.0 Å². The van der Waals surface area contributed by atoms with Gasteiger partial charge in [0.05, 0.1) is 6.42 Å². The van der Waals surface area contributed by atoms with Crippen LogP contribution in [-0.2, 0) is 4.79 Å². The molecule has 2 unspecified atom stereocenters. The van der Waals surface area contributed by atoms with E-state index in [1.165, 1.54) is 25.7 Å². The molecule has 0 aromatic heterocycles. The van der Waals surface area contributed by atoms with E-state index in [4.69, 9.17) is 5.11 Å². The van der Waals surface area contributed by atoms with Crippen LogP contribution in [0.1, 0.15) is 51.9 Å². The molecule has 2 aliphatic rings. The van der Waals surface area contributed by atoms with Crippen LogP contribution in [0.15, 0.2) is 0 Å². The normalized spacial score (nSPS) is 31.5. The number of carboxylic acid groups (broad SMARTS) is 1. The summed E-state index contributed by atoms with van der Waals surface area (Å²) in [5.41, 5.74) is 0.109. The van der Waals surface area contributed by atoms with Gasteiger partial charge in [0, 0.05) is 12.6 Å². The summed E-state index contributed by atoms with van der Waals surface area (Å²) in [6.45, 7) is 3.32. The van der Waals surface area contributed by atoms with E-state index in [0.717, 1.165) is 25.3 Å². The zero-order chi connectivity index (χ0) is 12.5. The molecule has 2 fully saturated rings. The SMILES string of the molecule is CC1CCCCC1N(C)CC1(CC(=O)O)CC1. The smallest absolute Gasteiger partial charge is 0.303 e. The molecule has 0 radical (unpaired) electrons. The van der Waals surface area contributed by atoms with Gasteiger partial charge in [0.25, 0.3) is 0 Å². The molecule has 2 saturated carbocycles. The molecular formula is C14H25NO2. The molecular weight excluding hydrogens is 214 g/mol. The minimum Gasteiger partial charge on any atom is -0.481 e. The predicted octanol–water partition coefficient (Wildman–Crippen LogP) is 2.75. The molecule has 2 atom stereocenters. The third-order valence-corrected chi connectivity index (χ3v) is 4.70. The van der Waals surface area contributed by atoms with E-state index >= 15 is 0 Å². The minimum atomic E-state index is -0.632. The summed E-state index contributed by atoms with van der Waals surface area (Å²) in [6, 6.07) is 0.676. The van der Waals surface area contributed by atoms with Gasteiger partial charge in [-0.3, -0.25) is 4.79 Å². The predicted molar refractivity (Wildman–Crippen MR) is 68.0 cm³/mol. The van der Waals surface area contributed by atoms with Crippen molar-refractivity contribution < 1.29 is 9.90 Å². The van der Waals surface area contributed by atoms with Crippen molar-refractivity contribution in [2.75, 3.05) is 13.6 Å². The van der Waals surface area contributed by atoms with Crippen LogP contribution in [0.3, 0.4) is 0 Å². The van der Waals surface area contributed by atoms with Crippen molar-refractivity contribution in [2.45, 2.75) is 57.9 Å². The topological polar surface area (TPSA) is 40.5 Å². The Kier molecular flexibility index (Phi) is 3.76. The molecule has 17 heavy (non-hydrogen) atoms. The Balaban J connectivity index is 1.87. The summed E-state index contributed by atoms with van der Waals surface area (Å²) in [6.07, 6.45) is 7.90. The van der Waals surface area contributed by atoms with Gasteiger partial charge in [-0.1, -0.05) is 19.8 Å². The first-order chi connectivity index (χ1) is 8.02. The monoisotopic (exact) mass is 239 g/mol. The highest BCUT2D eigenvalue weighted by Crippen LogP contribution is 2.49. The van der Waals surface area contributed by atoms with Crippen LogP contribution in [0.4, 0.5) is 0 Å². The van der Waals surface area contributed by atoms with Crippen LogP contribution < -0.4 is 0 Å². The number of rotatable bonds is 5. The summed E-state index contributed by atoms with van der Waals surface area (Å²) < 4.78 is 0. The standard InChI is InChI=1S/C14H25NO2/c1-11-5-3-4-6-12(11)15(2)10-14(7-8-14)9-13(16)17/h11-12H,3-10H2,1-2H3,(H,16,17). The summed E-state index contributed by atoms with van der Waals surface area (Å²) in [7, 11) is 2.19. The molecule has 0 spiro atoms. The second-order valence-electron chi connectivity index (χ2n) is 6.31. The molecule has 0 aromatic carbocycles. The zero-order valence-corrected chi connectivity index (χ0v) is 11.1. The third kappa shape index (κ3) is 3.21. The molecule has 0 amide bonds. The number of carbonyl (C=O) groups is 1. The Morgan fingerprint density at radius 3 is 2.53 bits per heavy atom. The highest BCUT2D eigenvalue weighted by Gasteiger charge is 2.46. The van der Waals surface area contributed by atoms with E-state index in [2.05, 4.69) is 18.9 Å². The van der Waals surface area contributed by atoms with Crippen molar-refractivity contribution in [1.82, 2.24) is 4.90 Å². The van der Waals surface area contributed by atoms with Crippen molar-refractivity contribution in [3.8, 4) is 0 Å². The molecule has 0 aromatic rings. The number of hydrogen-bond donors (Lipinski definition) is 1. The molecule has 0 aliphatic heterocycles. The second-order valence-corrected chi connectivity index (χ2v) is 6.31. The fourth-order valence-corrected chi connectivity index (χ4v) is 3.49. The lowest BCUT2D eigenvalue weighted by Gasteiger charge is -2.38. The van der Waals surface area contributed by atoms with Gasteiger partial charge in [0.15, 0.2) is 0 Å². The fraction of sp³-hybridized carbons (Fsp3) is 0.929. The first-order valence-corrected chi connectivity index (χ1v) is 6.94. The van der Waals surface area contributed by atoms with Crippen LogP contribution in [-0.4, -0.2) is 35.6 Å². The molecule has 3 nitrogen and oxygen atoms in total. The first-order valence-electron chi connectivity index (χ1n) is 6.94. The Hall–Kier alpha value is -0.570. The lowest BCUT2D eigenvalue weighted by atomic mass is 9.84. The van der Waals surface area contributed by atoms with Crippen molar-refractivity contribution in [3.63, 3.8) is 0 Å². The van der Waals surface area contributed by atoms with Gasteiger partial charge in [-0.15, -0.1) is 0 Å². The summed E-state index contributed by atoms with van der Waals surface area (Å²) >= 11 is 0. The van der Waals surface area contributed by atoms with E-state index in [-0.39, 0.29) is 5.41 Å². The zero-order valence-electron chi connectivity index (χ0n) is 11.1. The third-order valence-electron chi connectivity index (χ3n) is 4.70. The maximum Gasteiger partial charge on any atom is 0.303 e. The number of hydrogen-bond acceptors (Lipinski definition) is 2. The molecule has 1 N–H and O–H groups in total. The maximum absolute atomic E-state index is 10.9. The summed E-state index contributed by atoms with van der Waals surface area (Å²) in [5, 5.41) is 8.95. The van der Waals surface area contributed by atoms with Crippen LogP contribution in [0.2, 0.25) is 0 Å². The van der Waals surface area contributed by atoms with Crippen LogP contribution >= 0.6 is 0 Å². The quantitative estimate of drug-likeness (QED) is 0.802. The molecule has 0 heterocycles. The molecule has 2 aliphatic carbocycles. The highest BCUT2D eigenvalue weighted by atomic mass is 16.4. The maximum atomic E-state index is 10.9. The largest absolute Gasteiger partial charge is 0.481 e. The summed E-state index contributed by atoms with van der Waals surface area (Å²) in [5.74, 6) is 0.141. The van der Waals surface area contributed by atoms with E-state index in [1.54, 1.807) is 0 Å². The van der Waals surface area contributed by atoms with E-state index < -0.39 is 5.97 Å². The molecule has 0 bridgehead atoms.